The molecule has 4 rings (SSSR count). The lowest BCUT2D eigenvalue weighted by Crippen LogP contribution is -2.59. The number of nitrogen functional groups attached to an aromatic ring is 1. The minimum atomic E-state index is -4.19. The molecule has 15 heteroatoms. The average Bonchev–Trinajstić information content (AvgIpc) is 3.93. The number of hydrogen-bond acceptors (Lipinski definition) is 9. The summed E-state index contributed by atoms with van der Waals surface area (Å²) in [5.74, 6) is -0.598. The number of hydrogen-bond donors (Lipinski definition) is 4. The lowest BCUT2D eigenvalue weighted by Gasteiger charge is -2.41. The summed E-state index contributed by atoms with van der Waals surface area (Å²) in [5, 5.41) is 16.4. The van der Waals surface area contributed by atoms with Crippen LogP contribution in [0.2, 0.25) is 0 Å². The van der Waals surface area contributed by atoms with Crippen LogP contribution in [0.4, 0.5) is 15.3 Å². The number of amides is 3. The second kappa shape index (κ2) is 30.0. The summed E-state index contributed by atoms with van der Waals surface area (Å²) < 4.78 is 47.7. The van der Waals surface area contributed by atoms with Crippen LogP contribution in [-0.2, 0) is 35.4 Å². The molecule has 2 aromatic rings. The Labute approximate surface area is 398 Å². The number of sulfonamides is 1. The van der Waals surface area contributed by atoms with E-state index in [0.717, 1.165) is 44.1 Å². The Kier molecular flexibility index (Phi) is 24.2. The minimum absolute atomic E-state index is 0.00746. The number of fused-ring (bicyclic) bond motifs is 1. The lowest BCUT2D eigenvalue weighted by atomic mass is 9.93. The molecule has 2 fully saturated rings. The van der Waals surface area contributed by atoms with E-state index in [1.54, 1.807) is 0 Å². The molecule has 2 heterocycles. The SMILES string of the molecule is CCC=CCC=CCC=CCC=CCC=CCC=CCCC(=O)NCCNC(=O)O[C@H](CN(CC(C)C)S(=O)(=O)c1ccc(N)cc1)[C@H](Cc1ccccc1)N(C(=O)O)[C@H]1CO[C@H]2OCC[C@H]21. The van der Waals surface area contributed by atoms with Crippen LogP contribution in [0.25, 0.3) is 0 Å². The zero-order chi connectivity index (χ0) is 48.3. The molecule has 0 radical (unpaired) electrons. The van der Waals surface area contributed by atoms with Gasteiger partial charge in [-0.05, 0) is 93.5 Å². The van der Waals surface area contributed by atoms with Gasteiger partial charge in [0.1, 0.15) is 6.10 Å². The van der Waals surface area contributed by atoms with E-state index in [0.29, 0.717) is 25.1 Å². The Morgan fingerprint density at radius 1 is 0.806 bits per heavy atom. The smallest absolute Gasteiger partial charge is 0.408 e. The molecule has 14 nitrogen and oxygen atoms in total. The number of rotatable bonds is 29. The Morgan fingerprint density at radius 3 is 1.97 bits per heavy atom. The number of benzene rings is 2. The van der Waals surface area contributed by atoms with Crippen LogP contribution in [0.15, 0.2) is 132 Å². The fraction of sp³-hybridized carbons (Fsp3) is 0.481. The van der Waals surface area contributed by atoms with E-state index in [1.807, 2.05) is 56.3 Å². The van der Waals surface area contributed by atoms with Gasteiger partial charge in [-0.25, -0.2) is 18.0 Å². The standard InChI is InChI=1S/C52H73N5O9S/c1-4-5-6-7-8-9-10-11-12-13-14-15-16-17-18-19-20-21-25-28-49(58)54-34-35-55-51(59)66-48(39-56(38-41(2)3)67(62,63)44-31-29-43(53)30-32-44)46(37-42-26-23-22-24-27-42)57(52(60)61)47-40-65-50-45(47)33-36-64-50/h5-6,8-9,11-12,14-15,17-18,20-24,26-27,29-32,41,45-48,50H,4,7,10,13,16,19,25,28,33-40,53H2,1-3H3,(H,54,58)(H,55,59)(H,60,61)/t45-,46-,47-,48+,50+/m0/s1. The number of carbonyl (C=O) groups excluding carboxylic acids is 2. The maximum atomic E-state index is 14.3. The maximum absolute atomic E-state index is 14.3. The predicted octanol–water partition coefficient (Wildman–Crippen LogP) is 8.96. The summed E-state index contributed by atoms with van der Waals surface area (Å²) >= 11 is 0. The number of carbonyl (C=O) groups is 3. The number of ether oxygens (including phenoxy) is 3. The molecule has 0 saturated carbocycles. The van der Waals surface area contributed by atoms with Crippen molar-refractivity contribution in [2.75, 3.05) is 45.1 Å². The second-order valence-electron chi connectivity index (χ2n) is 17.0. The van der Waals surface area contributed by atoms with Crippen molar-refractivity contribution in [1.82, 2.24) is 19.8 Å². The van der Waals surface area contributed by atoms with Crippen molar-refractivity contribution in [3.63, 3.8) is 0 Å². The molecule has 2 saturated heterocycles. The molecule has 5 N–H and O–H groups in total. The summed E-state index contributed by atoms with van der Waals surface area (Å²) in [6.45, 7) is 6.16. The first kappa shape index (κ1) is 54.1. The van der Waals surface area contributed by atoms with Gasteiger partial charge in [-0.3, -0.25) is 9.69 Å². The molecule has 2 aliphatic heterocycles. The first-order valence-corrected chi connectivity index (χ1v) is 25.1. The fourth-order valence-electron chi connectivity index (χ4n) is 7.92. The molecule has 67 heavy (non-hydrogen) atoms. The molecule has 5 atom stereocenters. The van der Waals surface area contributed by atoms with Crippen molar-refractivity contribution in [2.45, 2.75) is 114 Å². The van der Waals surface area contributed by atoms with Gasteiger partial charge in [0.2, 0.25) is 15.9 Å². The quantitative estimate of drug-likeness (QED) is 0.0348. The number of nitrogens with two attached hydrogens (primary N) is 1. The van der Waals surface area contributed by atoms with Gasteiger partial charge < -0.3 is 35.7 Å². The molecule has 0 unspecified atom stereocenters. The summed E-state index contributed by atoms with van der Waals surface area (Å²) in [5.41, 5.74) is 7.04. The molecule has 2 aromatic carbocycles. The van der Waals surface area contributed by atoms with Crippen molar-refractivity contribution < 1.29 is 42.1 Å². The third-order valence-corrected chi connectivity index (χ3v) is 13.1. The highest BCUT2D eigenvalue weighted by atomic mass is 32.2. The number of alkyl carbamates (subject to hydrolysis) is 1. The van der Waals surface area contributed by atoms with Crippen LogP contribution >= 0.6 is 0 Å². The van der Waals surface area contributed by atoms with Crippen LogP contribution in [0, 0.1) is 11.8 Å². The summed E-state index contributed by atoms with van der Waals surface area (Å²) in [6.07, 6.45) is 28.6. The highest BCUT2D eigenvalue weighted by Crippen LogP contribution is 2.36. The van der Waals surface area contributed by atoms with Crippen LogP contribution in [0.5, 0.6) is 0 Å². The van der Waals surface area contributed by atoms with E-state index in [1.165, 1.54) is 33.5 Å². The summed E-state index contributed by atoms with van der Waals surface area (Å²) in [4.78, 5) is 41.0. The van der Waals surface area contributed by atoms with Crippen molar-refractivity contribution in [1.29, 1.82) is 0 Å². The zero-order valence-corrected chi connectivity index (χ0v) is 40.3. The molecule has 0 bridgehead atoms. The third-order valence-electron chi connectivity index (χ3n) is 11.2. The maximum Gasteiger partial charge on any atom is 0.408 e. The van der Waals surface area contributed by atoms with Gasteiger partial charge in [0, 0.05) is 37.7 Å². The summed E-state index contributed by atoms with van der Waals surface area (Å²) in [6, 6.07) is 13.3. The van der Waals surface area contributed by atoms with Crippen molar-refractivity contribution in [3.05, 3.63) is 133 Å². The van der Waals surface area contributed by atoms with E-state index in [4.69, 9.17) is 19.9 Å². The van der Waals surface area contributed by atoms with Crippen LogP contribution in [0.1, 0.15) is 84.1 Å². The van der Waals surface area contributed by atoms with Crippen LogP contribution in [0.3, 0.4) is 0 Å². The first-order chi connectivity index (χ1) is 32.4. The Morgan fingerprint density at radius 2 is 1.39 bits per heavy atom. The van der Waals surface area contributed by atoms with E-state index in [2.05, 4.69) is 78.3 Å². The fourth-order valence-corrected chi connectivity index (χ4v) is 9.53. The normalized spacial score (nSPS) is 18.6. The molecule has 0 spiro atoms. The van der Waals surface area contributed by atoms with Crippen molar-refractivity contribution >= 4 is 33.8 Å². The van der Waals surface area contributed by atoms with Gasteiger partial charge in [0.25, 0.3) is 0 Å². The van der Waals surface area contributed by atoms with Crippen LogP contribution < -0.4 is 16.4 Å². The minimum Gasteiger partial charge on any atom is -0.465 e. The van der Waals surface area contributed by atoms with Gasteiger partial charge in [0.15, 0.2) is 6.29 Å². The van der Waals surface area contributed by atoms with E-state index in [9.17, 15) is 27.9 Å². The number of carboxylic acid groups (broad SMARTS) is 1. The number of allylic oxidation sites excluding steroid dienone is 12. The third kappa shape index (κ3) is 19.3. The number of nitrogens with zero attached hydrogens (tertiary/aromatic N) is 2. The number of anilines is 1. The molecule has 0 aliphatic carbocycles. The highest BCUT2D eigenvalue weighted by molar-refractivity contribution is 7.89. The molecule has 3 amide bonds. The molecular formula is C52H73N5O9S. The van der Waals surface area contributed by atoms with E-state index < -0.39 is 46.7 Å². The van der Waals surface area contributed by atoms with Gasteiger partial charge in [-0.15, -0.1) is 0 Å². The Bertz CT molecular complexity index is 2090. The summed E-state index contributed by atoms with van der Waals surface area (Å²) in [7, 11) is -4.19. The number of nitrogens with one attached hydrogen (secondary N) is 2. The van der Waals surface area contributed by atoms with E-state index in [-0.39, 0.29) is 68.3 Å². The molecule has 366 valence electrons. The molecule has 2 aliphatic rings. The average molecular weight is 944 g/mol. The second-order valence-corrected chi connectivity index (χ2v) is 18.9. The van der Waals surface area contributed by atoms with Crippen LogP contribution in [-0.4, -0.2) is 105 Å². The highest BCUT2D eigenvalue weighted by Gasteiger charge is 2.50. The van der Waals surface area contributed by atoms with Crippen molar-refractivity contribution in [3.8, 4) is 0 Å². The monoisotopic (exact) mass is 944 g/mol. The molecule has 0 aromatic heterocycles. The van der Waals surface area contributed by atoms with Gasteiger partial charge in [0.05, 0.1) is 36.7 Å². The first-order valence-electron chi connectivity index (χ1n) is 23.7. The largest absolute Gasteiger partial charge is 0.465 e. The van der Waals surface area contributed by atoms with Gasteiger partial charge in [-0.2, -0.15) is 4.31 Å². The molecular weight excluding hydrogens is 871 g/mol. The van der Waals surface area contributed by atoms with E-state index >= 15 is 0 Å². The predicted molar refractivity (Wildman–Crippen MR) is 265 cm³/mol. The Balaban J connectivity index is 1.35. The van der Waals surface area contributed by atoms with Gasteiger partial charge in [-0.1, -0.05) is 124 Å². The lowest BCUT2D eigenvalue weighted by molar-refractivity contribution is -0.121. The Hall–Kier alpha value is -5.48. The van der Waals surface area contributed by atoms with Gasteiger partial charge >= 0.3 is 12.2 Å². The topological polar surface area (TPSA) is 190 Å². The van der Waals surface area contributed by atoms with Crippen molar-refractivity contribution in [2.24, 2.45) is 11.8 Å². The zero-order valence-electron chi connectivity index (χ0n) is 39.5.